The SMILES string of the molecule is COc1ccc(N2CCN(S(=O)(=O)CCCNC(=O)c3cc(Cl)ccc3Cl)CC2)cc1. The van der Waals surface area contributed by atoms with Gasteiger partial charge in [-0.15, -0.1) is 0 Å². The summed E-state index contributed by atoms with van der Waals surface area (Å²) in [6.07, 6.45) is 0.310. The zero-order valence-electron chi connectivity index (χ0n) is 17.2. The normalized spacial score (nSPS) is 15.0. The number of hydrogen-bond donors (Lipinski definition) is 1. The molecule has 0 saturated carbocycles. The van der Waals surface area contributed by atoms with Gasteiger partial charge in [-0.1, -0.05) is 23.2 Å². The van der Waals surface area contributed by atoms with Crippen molar-refractivity contribution >= 4 is 44.8 Å². The molecule has 2 aromatic rings. The summed E-state index contributed by atoms with van der Waals surface area (Å²) in [5, 5.41) is 3.40. The first-order valence-corrected chi connectivity index (χ1v) is 12.3. The highest BCUT2D eigenvalue weighted by Crippen LogP contribution is 2.22. The van der Waals surface area contributed by atoms with E-state index in [4.69, 9.17) is 27.9 Å². The fourth-order valence-corrected chi connectivity index (χ4v) is 5.23. The molecule has 10 heteroatoms. The highest BCUT2D eigenvalue weighted by molar-refractivity contribution is 7.89. The number of nitrogens with zero attached hydrogens (tertiary/aromatic N) is 2. The Balaban J connectivity index is 1.45. The van der Waals surface area contributed by atoms with Gasteiger partial charge < -0.3 is 15.0 Å². The van der Waals surface area contributed by atoms with Crippen LogP contribution >= 0.6 is 23.2 Å². The van der Waals surface area contributed by atoms with Crippen molar-refractivity contribution in [2.24, 2.45) is 0 Å². The average molecular weight is 486 g/mol. The molecule has 1 fully saturated rings. The minimum absolute atomic E-state index is 0.0287. The van der Waals surface area contributed by atoms with E-state index >= 15 is 0 Å². The summed E-state index contributed by atoms with van der Waals surface area (Å²) in [7, 11) is -1.77. The van der Waals surface area contributed by atoms with Gasteiger partial charge in [0.1, 0.15) is 5.75 Å². The van der Waals surface area contributed by atoms with E-state index in [-0.39, 0.29) is 23.8 Å². The molecule has 0 radical (unpaired) electrons. The minimum atomic E-state index is -3.39. The standard InChI is InChI=1S/C21H25Cl2N3O4S/c1-30-18-6-4-17(5-7-18)25-10-12-26(13-11-25)31(28,29)14-2-9-24-21(27)19-15-16(22)3-8-20(19)23/h3-8,15H,2,9-14H2,1H3,(H,24,27). The van der Waals surface area contributed by atoms with Gasteiger partial charge in [0.05, 0.1) is 23.4 Å². The first-order chi connectivity index (χ1) is 14.8. The van der Waals surface area contributed by atoms with Gasteiger partial charge in [-0.25, -0.2) is 8.42 Å². The molecular weight excluding hydrogens is 461 g/mol. The van der Waals surface area contributed by atoms with Crippen LogP contribution in [0.3, 0.4) is 0 Å². The second-order valence-electron chi connectivity index (χ2n) is 7.13. The van der Waals surface area contributed by atoms with Crippen molar-refractivity contribution in [1.82, 2.24) is 9.62 Å². The first kappa shape index (κ1) is 23.7. The van der Waals surface area contributed by atoms with E-state index in [0.29, 0.717) is 42.6 Å². The molecule has 0 bridgehead atoms. The molecule has 0 atom stereocenters. The Morgan fingerprint density at radius 3 is 2.39 bits per heavy atom. The fraction of sp³-hybridized carbons (Fsp3) is 0.381. The largest absolute Gasteiger partial charge is 0.497 e. The van der Waals surface area contributed by atoms with E-state index in [1.807, 2.05) is 24.3 Å². The molecule has 2 aromatic carbocycles. The van der Waals surface area contributed by atoms with Crippen LogP contribution in [0.15, 0.2) is 42.5 Å². The molecule has 0 aromatic heterocycles. The molecule has 3 rings (SSSR count). The van der Waals surface area contributed by atoms with E-state index < -0.39 is 10.0 Å². The molecule has 7 nitrogen and oxygen atoms in total. The molecule has 0 aliphatic carbocycles. The molecule has 0 unspecified atom stereocenters. The number of hydrogen-bond acceptors (Lipinski definition) is 5. The highest BCUT2D eigenvalue weighted by Gasteiger charge is 2.26. The number of anilines is 1. The molecule has 1 aliphatic heterocycles. The van der Waals surface area contributed by atoms with Gasteiger partial charge >= 0.3 is 0 Å². The van der Waals surface area contributed by atoms with Crippen LogP contribution in [0.5, 0.6) is 5.75 Å². The van der Waals surface area contributed by atoms with Crippen molar-refractivity contribution in [3.63, 3.8) is 0 Å². The van der Waals surface area contributed by atoms with Crippen molar-refractivity contribution in [3.8, 4) is 5.75 Å². The van der Waals surface area contributed by atoms with Crippen molar-refractivity contribution in [3.05, 3.63) is 58.1 Å². The lowest BCUT2D eigenvalue weighted by atomic mass is 10.2. The average Bonchev–Trinajstić information content (AvgIpc) is 2.78. The van der Waals surface area contributed by atoms with Gasteiger partial charge in [0, 0.05) is 43.4 Å². The van der Waals surface area contributed by atoms with Crippen molar-refractivity contribution in [2.75, 3.05) is 50.5 Å². The number of carbonyl (C=O) groups excluding carboxylic acids is 1. The van der Waals surface area contributed by atoms with Crippen LogP contribution in [-0.4, -0.2) is 64.2 Å². The van der Waals surface area contributed by atoms with Crippen LogP contribution in [0.1, 0.15) is 16.8 Å². The van der Waals surface area contributed by atoms with Crippen molar-refractivity contribution in [1.29, 1.82) is 0 Å². The maximum absolute atomic E-state index is 12.7. The molecule has 1 N–H and O–H groups in total. The van der Waals surface area contributed by atoms with Crippen LogP contribution < -0.4 is 15.0 Å². The number of nitrogens with one attached hydrogen (secondary N) is 1. The number of ether oxygens (including phenoxy) is 1. The van der Waals surface area contributed by atoms with Gasteiger partial charge in [-0.05, 0) is 48.9 Å². The summed E-state index contributed by atoms with van der Waals surface area (Å²) in [6, 6.07) is 12.4. The zero-order valence-corrected chi connectivity index (χ0v) is 19.5. The van der Waals surface area contributed by atoms with Gasteiger partial charge in [-0.2, -0.15) is 4.31 Å². The van der Waals surface area contributed by atoms with E-state index in [9.17, 15) is 13.2 Å². The molecule has 1 heterocycles. The lowest BCUT2D eigenvalue weighted by Gasteiger charge is -2.35. The molecule has 1 amide bonds. The van der Waals surface area contributed by atoms with E-state index in [1.54, 1.807) is 19.2 Å². The second-order valence-corrected chi connectivity index (χ2v) is 10.1. The van der Waals surface area contributed by atoms with Gasteiger partial charge in [0.15, 0.2) is 0 Å². The molecule has 168 valence electrons. The second kappa shape index (κ2) is 10.5. The number of benzene rings is 2. The van der Waals surface area contributed by atoms with E-state index in [2.05, 4.69) is 10.2 Å². The summed E-state index contributed by atoms with van der Waals surface area (Å²) in [5.41, 5.74) is 1.31. The summed E-state index contributed by atoms with van der Waals surface area (Å²) < 4.78 is 32.0. The van der Waals surface area contributed by atoms with Crippen molar-refractivity contribution < 1.29 is 17.9 Å². The molecule has 1 aliphatic rings. The Bertz CT molecular complexity index is 1010. The number of rotatable bonds is 8. The number of sulfonamides is 1. The lowest BCUT2D eigenvalue weighted by Crippen LogP contribution is -2.49. The Hall–Kier alpha value is -2.00. The Morgan fingerprint density at radius 2 is 1.74 bits per heavy atom. The maximum atomic E-state index is 12.7. The molecule has 31 heavy (non-hydrogen) atoms. The van der Waals surface area contributed by atoms with Crippen molar-refractivity contribution in [2.45, 2.75) is 6.42 Å². The van der Waals surface area contributed by atoms with Crippen LogP contribution in [0.2, 0.25) is 10.0 Å². The number of halogens is 2. The van der Waals surface area contributed by atoms with Gasteiger partial charge in [0.25, 0.3) is 5.91 Å². The maximum Gasteiger partial charge on any atom is 0.252 e. The lowest BCUT2D eigenvalue weighted by molar-refractivity contribution is 0.0953. The quantitative estimate of drug-likeness (QED) is 0.580. The Kier molecular flexibility index (Phi) is 8.05. The van der Waals surface area contributed by atoms with Crippen LogP contribution in [-0.2, 0) is 10.0 Å². The smallest absolute Gasteiger partial charge is 0.252 e. The number of methoxy groups -OCH3 is 1. The van der Waals surface area contributed by atoms with Gasteiger partial charge in [0.2, 0.25) is 10.0 Å². The predicted molar refractivity (Wildman–Crippen MR) is 124 cm³/mol. The third-order valence-corrected chi connectivity index (χ3v) is 7.63. The van der Waals surface area contributed by atoms with Crippen LogP contribution in [0, 0.1) is 0 Å². The third kappa shape index (κ3) is 6.26. The monoisotopic (exact) mass is 485 g/mol. The van der Waals surface area contributed by atoms with E-state index in [0.717, 1.165) is 11.4 Å². The molecular formula is C21H25Cl2N3O4S. The van der Waals surface area contributed by atoms with Gasteiger partial charge in [-0.3, -0.25) is 4.79 Å². The van der Waals surface area contributed by atoms with E-state index in [1.165, 1.54) is 10.4 Å². The summed E-state index contributed by atoms with van der Waals surface area (Å²) in [4.78, 5) is 14.4. The minimum Gasteiger partial charge on any atom is -0.497 e. The molecule has 1 saturated heterocycles. The third-order valence-electron chi connectivity index (χ3n) is 5.11. The fourth-order valence-electron chi connectivity index (χ4n) is 3.37. The molecule has 0 spiro atoms. The predicted octanol–water partition coefficient (Wildman–Crippen LogP) is 3.27. The number of piperazine rings is 1. The van der Waals surface area contributed by atoms with Crippen LogP contribution in [0.25, 0.3) is 0 Å². The highest BCUT2D eigenvalue weighted by atomic mass is 35.5. The Morgan fingerprint density at radius 1 is 1.06 bits per heavy atom. The first-order valence-electron chi connectivity index (χ1n) is 9.90. The summed E-state index contributed by atoms with van der Waals surface area (Å²) >= 11 is 11.9. The number of amides is 1. The Labute approximate surface area is 192 Å². The zero-order chi connectivity index (χ0) is 22.4. The summed E-state index contributed by atoms with van der Waals surface area (Å²) in [5.74, 6) is 0.381. The summed E-state index contributed by atoms with van der Waals surface area (Å²) in [6.45, 7) is 2.33. The number of carbonyl (C=O) groups is 1. The van der Waals surface area contributed by atoms with Crippen LogP contribution in [0.4, 0.5) is 5.69 Å². The topological polar surface area (TPSA) is 79.0 Å².